The van der Waals surface area contributed by atoms with Gasteiger partial charge < -0.3 is 14.7 Å². The molecule has 2 atom stereocenters. The van der Waals surface area contributed by atoms with E-state index in [0.717, 1.165) is 96.7 Å². The molecule has 0 radical (unpaired) electrons. The number of rotatable bonds is 23. The zero-order valence-electron chi connectivity index (χ0n) is 23.6. The molecule has 6 heteroatoms. The molecule has 0 aromatic carbocycles. The summed E-state index contributed by atoms with van der Waals surface area (Å²) in [6.45, 7) is 17.6. The molecule has 1 fully saturated rings. The summed E-state index contributed by atoms with van der Waals surface area (Å²) in [5, 5.41) is 8.99. The summed E-state index contributed by atoms with van der Waals surface area (Å²) in [7, 11) is 0. The van der Waals surface area contributed by atoms with E-state index in [-0.39, 0.29) is 35.9 Å². The van der Waals surface area contributed by atoms with Crippen LogP contribution in [0.3, 0.4) is 0 Å². The summed E-state index contributed by atoms with van der Waals surface area (Å²) in [5.41, 5.74) is 0.175. The zero-order valence-corrected chi connectivity index (χ0v) is 23.6. The molecule has 208 valence electrons. The number of amides is 3. The van der Waals surface area contributed by atoms with E-state index in [2.05, 4.69) is 33.1 Å². The van der Waals surface area contributed by atoms with Crippen molar-refractivity contribution in [1.82, 2.24) is 9.80 Å². The van der Waals surface area contributed by atoms with E-state index in [0.29, 0.717) is 13.1 Å². The highest BCUT2D eigenvalue weighted by molar-refractivity contribution is 6.01. The molecule has 1 saturated heterocycles. The third-order valence-corrected chi connectivity index (χ3v) is 8.38. The van der Waals surface area contributed by atoms with Crippen molar-refractivity contribution in [3.05, 3.63) is 25.3 Å². The first-order valence-corrected chi connectivity index (χ1v) is 14.4. The maximum Gasteiger partial charge on any atom is 0.327 e. The molecule has 1 rings (SSSR count). The van der Waals surface area contributed by atoms with Crippen LogP contribution in [0.4, 0.5) is 4.79 Å². The molecule has 1 heterocycles. The number of likely N-dealkylation sites (N-methyl/N-ethyl adjacent to an activating group) is 1. The summed E-state index contributed by atoms with van der Waals surface area (Å²) in [5.74, 6) is -0.0877. The molecule has 1 N–H and O–H groups in total. The molecule has 1 aliphatic heterocycles. The topological polar surface area (TPSA) is 70.1 Å². The second-order valence-electron chi connectivity index (χ2n) is 10.5. The number of aliphatic hydroxyl groups is 1. The fourth-order valence-electron chi connectivity index (χ4n) is 5.28. The van der Waals surface area contributed by atoms with Gasteiger partial charge in [-0.1, -0.05) is 51.7 Å². The molecule has 0 bridgehead atoms. The minimum absolute atomic E-state index is 0.0501. The lowest BCUT2D eigenvalue weighted by molar-refractivity contribution is -0.125. The van der Waals surface area contributed by atoms with Crippen molar-refractivity contribution in [3.8, 4) is 0 Å². The number of hydrogen-bond donors (Lipinski definition) is 1. The van der Waals surface area contributed by atoms with Crippen LogP contribution in [0, 0.1) is 10.8 Å². The number of allylic oxidation sites excluding steroid dienone is 2. The van der Waals surface area contributed by atoms with Crippen LogP contribution in [-0.2, 0) is 9.53 Å². The van der Waals surface area contributed by atoms with Crippen LogP contribution >= 0.6 is 0 Å². The number of carbonyl (C=O) groups is 2. The molecule has 36 heavy (non-hydrogen) atoms. The molecule has 6 nitrogen and oxygen atoms in total. The molecule has 0 spiro atoms. The van der Waals surface area contributed by atoms with E-state index in [4.69, 9.17) is 9.84 Å². The lowest BCUT2D eigenvalue weighted by Gasteiger charge is -2.31. The first kappa shape index (κ1) is 32.4. The third kappa shape index (κ3) is 10.4. The Hall–Kier alpha value is -1.66. The summed E-state index contributed by atoms with van der Waals surface area (Å²) in [4.78, 5) is 27.6. The molecule has 2 unspecified atom stereocenters. The van der Waals surface area contributed by atoms with Crippen molar-refractivity contribution >= 4 is 11.9 Å². The fraction of sp³-hybridized carbons (Fsp3) is 0.800. The summed E-state index contributed by atoms with van der Waals surface area (Å²) in [6, 6.07) is -0.157. The minimum atomic E-state index is -0.157. The molecule has 3 amide bonds. The Morgan fingerprint density at radius 3 is 1.81 bits per heavy atom. The van der Waals surface area contributed by atoms with Crippen molar-refractivity contribution in [2.75, 3.05) is 39.5 Å². The Balaban J connectivity index is 2.27. The van der Waals surface area contributed by atoms with E-state index in [1.54, 1.807) is 4.90 Å². The quantitative estimate of drug-likeness (QED) is 0.0947. The third-order valence-electron chi connectivity index (χ3n) is 8.38. The standard InChI is InChI=1S/C30H54N2O4/c1-6-29(7-2,18-12-11-15-23-33)19-13-16-24-36-25-17-14-20-30(8-3,9-4)21-22-32-27(34)26-31(10-5)28(32)35/h6,8,33H,1,3,7,9-26H2,2,4-5H3. The van der Waals surface area contributed by atoms with Gasteiger partial charge in [0.2, 0.25) is 5.91 Å². The lowest BCUT2D eigenvalue weighted by atomic mass is 9.76. The van der Waals surface area contributed by atoms with Gasteiger partial charge in [-0.15, -0.1) is 13.2 Å². The Labute approximate surface area is 221 Å². The van der Waals surface area contributed by atoms with Crippen LogP contribution in [0.1, 0.15) is 104 Å². The van der Waals surface area contributed by atoms with Crippen LogP contribution in [-0.4, -0.2) is 66.3 Å². The van der Waals surface area contributed by atoms with Gasteiger partial charge in [-0.3, -0.25) is 9.69 Å². The number of carbonyl (C=O) groups excluding carboxylic acids is 2. The van der Waals surface area contributed by atoms with Crippen molar-refractivity contribution < 1.29 is 19.4 Å². The molecule has 0 aromatic heterocycles. The van der Waals surface area contributed by atoms with Crippen LogP contribution in [0.2, 0.25) is 0 Å². The second kappa shape index (κ2) is 17.7. The lowest BCUT2D eigenvalue weighted by Crippen LogP contribution is -2.36. The van der Waals surface area contributed by atoms with E-state index in [1.165, 1.54) is 4.90 Å². The van der Waals surface area contributed by atoms with Gasteiger partial charge in [0.15, 0.2) is 0 Å². The smallest absolute Gasteiger partial charge is 0.327 e. The predicted molar refractivity (Wildman–Crippen MR) is 149 cm³/mol. The summed E-state index contributed by atoms with van der Waals surface area (Å²) >= 11 is 0. The molecule has 0 aromatic rings. The molecular formula is C30H54N2O4. The Kier molecular flexibility index (Phi) is 15.9. The van der Waals surface area contributed by atoms with Crippen molar-refractivity contribution in [2.45, 2.75) is 104 Å². The minimum Gasteiger partial charge on any atom is -0.396 e. The molecule has 0 saturated carbocycles. The SMILES string of the molecule is C=CC(CC)(CCCCCO)CCCCOCCCCC(C=C)(CC)CCN1C(=O)CN(CC)C1=O. The maximum absolute atomic E-state index is 12.4. The second-order valence-corrected chi connectivity index (χ2v) is 10.5. The molecule has 0 aliphatic carbocycles. The number of hydrogen-bond acceptors (Lipinski definition) is 4. The van der Waals surface area contributed by atoms with Crippen LogP contribution < -0.4 is 0 Å². The van der Waals surface area contributed by atoms with Crippen molar-refractivity contribution in [1.29, 1.82) is 0 Å². The van der Waals surface area contributed by atoms with Crippen LogP contribution in [0.5, 0.6) is 0 Å². The van der Waals surface area contributed by atoms with Crippen molar-refractivity contribution in [2.24, 2.45) is 10.8 Å². The van der Waals surface area contributed by atoms with Crippen LogP contribution in [0.15, 0.2) is 25.3 Å². The molecular weight excluding hydrogens is 452 g/mol. The number of unbranched alkanes of at least 4 members (excludes halogenated alkanes) is 4. The van der Waals surface area contributed by atoms with Gasteiger partial charge >= 0.3 is 6.03 Å². The monoisotopic (exact) mass is 506 g/mol. The maximum atomic E-state index is 12.4. The van der Waals surface area contributed by atoms with Gasteiger partial charge in [0.05, 0.1) is 0 Å². The Morgan fingerprint density at radius 1 is 0.833 bits per heavy atom. The number of ether oxygens (including phenoxy) is 1. The summed E-state index contributed by atoms with van der Waals surface area (Å²) in [6.07, 6.45) is 17.8. The molecule has 1 aliphatic rings. The van der Waals surface area contributed by atoms with E-state index in [9.17, 15) is 9.59 Å². The average Bonchev–Trinajstić information content (AvgIpc) is 3.18. The van der Waals surface area contributed by atoms with Gasteiger partial charge in [-0.2, -0.15) is 0 Å². The Bertz CT molecular complexity index is 667. The Morgan fingerprint density at radius 2 is 1.36 bits per heavy atom. The highest BCUT2D eigenvalue weighted by atomic mass is 16.5. The van der Waals surface area contributed by atoms with Gasteiger partial charge in [-0.25, -0.2) is 4.79 Å². The van der Waals surface area contributed by atoms with Gasteiger partial charge in [-0.05, 0) is 75.5 Å². The van der Waals surface area contributed by atoms with Gasteiger partial charge in [0.1, 0.15) is 6.54 Å². The largest absolute Gasteiger partial charge is 0.396 e. The first-order valence-electron chi connectivity index (χ1n) is 14.4. The van der Waals surface area contributed by atoms with Gasteiger partial charge in [0, 0.05) is 32.9 Å². The number of nitrogens with zero attached hydrogens (tertiary/aromatic N) is 2. The average molecular weight is 507 g/mol. The summed E-state index contributed by atoms with van der Waals surface area (Å²) < 4.78 is 5.92. The fourth-order valence-corrected chi connectivity index (χ4v) is 5.28. The van der Waals surface area contributed by atoms with Crippen molar-refractivity contribution in [3.63, 3.8) is 0 Å². The normalized spacial score (nSPS) is 17.3. The zero-order chi connectivity index (χ0) is 26.9. The first-order chi connectivity index (χ1) is 17.4. The van der Waals surface area contributed by atoms with E-state index in [1.807, 2.05) is 13.0 Å². The van der Waals surface area contributed by atoms with Crippen LogP contribution in [0.25, 0.3) is 0 Å². The number of aliphatic hydroxyl groups excluding tert-OH is 1. The highest BCUT2D eigenvalue weighted by Crippen LogP contribution is 2.36. The highest BCUT2D eigenvalue weighted by Gasteiger charge is 2.36. The van der Waals surface area contributed by atoms with E-state index < -0.39 is 0 Å². The number of urea groups is 1. The van der Waals surface area contributed by atoms with E-state index >= 15 is 0 Å². The van der Waals surface area contributed by atoms with Gasteiger partial charge in [0.25, 0.3) is 0 Å². The predicted octanol–water partition coefficient (Wildman–Crippen LogP) is 6.74. The number of imide groups is 1.